The Hall–Kier alpha value is -0.850. The molecule has 1 unspecified atom stereocenters. The first kappa shape index (κ1) is 14.2. The number of alkyl halides is 4. The van der Waals surface area contributed by atoms with Crippen LogP contribution in [0.2, 0.25) is 0 Å². The zero-order chi connectivity index (χ0) is 12.1. The molecule has 0 aromatic rings. The molecular weight excluding hydrogens is 216 g/mol. The van der Waals surface area contributed by atoms with E-state index in [4.69, 9.17) is 11.1 Å². The van der Waals surface area contributed by atoms with Crippen molar-refractivity contribution in [2.45, 2.75) is 38.2 Å². The van der Waals surface area contributed by atoms with Crippen LogP contribution in [0.5, 0.6) is 0 Å². The Morgan fingerprint density at radius 2 is 2.00 bits per heavy atom. The van der Waals surface area contributed by atoms with Gasteiger partial charge in [-0.25, -0.2) is 8.78 Å². The largest absolute Gasteiger partial charge is 0.388 e. The molecule has 0 amide bonds. The highest BCUT2D eigenvalue weighted by Gasteiger charge is 2.41. The molecule has 0 heterocycles. The lowest BCUT2D eigenvalue weighted by molar-refractivity contribution is -0.175. The van der Waals surface area contributed by atoms with Gasteiger partial charge in [-0.05, 0) is 6.42 Å². The van der Waals surface area contributed by atoms with Crippen LogP contribution in [-0.4, -0.2) is 30.9 Å². The third kappa shape index (κ3) is 5.56. The Bertz CT molecular complexity index is 211. The van der Waals surface area contributed by atoms with Gasteiger partial charge < -0.3 is 10.5 Å². The molecular formula is C8H14F4N2O. The molecule has 0 bridgehead atoms. The molecule has 0 spiro atoms. The number of hydrogen-bond donors (Lipinski definition) is 2. The maximum atomic E-state index is 12.4. The van der Waals surface area contributed by atoms with Crippen molar-refractivity contribution in [3.05, 3.63) is 0 Å². The third-order valence-electron chi connectivity index (χ3n) is 1.73. The van der Waals surface area contributed by atoms with Crippen molar-refractivity contribution in [1.29, 1.82) is 5.41 Å². The number of nitrogens with one attached hydrogen (secondary N) is 1. The molecule has 3 nitrogen and oxygen atoms in total. The van der Waals surface area contributed by atoms with Crippen LogP contribution in [0.1, 0.15) is 19.8 Å². The number of halogens is 4. The van der Waals surface area contributed by atoms with Crippen molar-refractivity contribution in [3.8, 4) is 0 Å². The summed E-state index contributed by atoms with van der Waals surface area (Å²) >= 11 is 0. The lowest BCUT2D eigenvalue weighted by Crippen LogP contribution is -2.35. The molecule has 0 rings (SSSR count). The Labute approximate surface area is 85.1 Å². The Kier molecular flexibility index (Phi) is 5.56. The average Bonchev–Trinajstić information content (AvgIpc) is 2.11. The summed E-state index contributed by atoms with van der Waals surface area (Å²) in [6.07, 6.45) is -4.16. The fourth-order valence-corrected chi connectivity index (χ4v) is 0.858. The minimum absolute atomic E-state index is 0.0319. The van der Waals surface area contributed by atoms with E-state index in [9.17, 15) is 17.6 Å². The highest BCUT2D eigenvalue weighted by molar-refractivity contribution is 5.77. The van der Waals surface area contributed by atoms with Crippen LogP contribution >= 0.6 is 0 Å². The molecule has 15 heavy (non-hydrogen) atoms. The molecule has 0 radical (unpaired) electrons. The average molecular weight is 230 g/mol. The van der Waals surface area contributed by atoms with E-state index in [0.717, 1.165) is 0 Å². The predicted octanol–water partition coefficient (Wildman–Crippen LogP) is 2.01. The van der Waals surface area contributed by atoms with Crippen molar-refractivity contribution in [2.75, 3.05) is 6.61 Å². The van der Waals surface area contributed by atoms with Gasteiger partial charge in [0.2, 0.25) is 0 Å². The molecule has 0 aromatic carbocycles. The van der Waals surface area contributed by atoms with E-state index >= 15 is 0 Å². The second-order valence-electron chi connectivity index (χ2n) is 3.13. The van der Waals surface area contributed by atoms with Gasteiger partial charge in [0.05, 0.1) is 11.9 Å². The van der Waals surface area contributed by atoms with Crippen molar-refractivity contribution >= 4 is 5.84 Å². The van der Waals surface area contributed by atoms with Crippen molar-refractivity contribution in [2.24, 2.45) is 5.73 Å². The summed E-state index contributed by atoms with van der Waals surface area (Å²) in [5, 5.41) is 6.91. The molecule has 0 saturated carbocycles. The first-order valence-corrected chi connectivity index (χ1v) is 4.40. The highest BCUT2D eigenvalue weighted by Crippen LogP contribution is 2.24. The topological polar surface area (TPSA) is 59.1 Å². The molecule has 3 N–H and O–H groups in total. The quantitative estimate of drug-likeness (QED) is 0.399. The van der Waals surface area contributed by atoms with Gasteiger partial charge in [0.1, 0.15) is 6.61 Å². The lowest BCUT2D eigenvalue weighted by Gasteiger charge is -2.20. The third-order valence-corrected chi connectivity index (χ3v) is 1.73. The summed E-state index contributed by atoms with van der Waals surface area (Å²) < 4.78 is 52.9. The second-order valence-corrected chi connectivity index (χ2v) is 3.13. The van der Waals surface area contributed by atoms with E-state index in [0.29, 0.717) is 6.42 Å². The Morgan fingerprint density at radius 3 is 2.33 bits per heavy atom. The molecule has 90 valence electrons. The van der Waals surface area contributed by atoms with Gasteiger partial charge in [0.15, 0.2) is 0 Å². The standard InChI is InChI=1S/C8H14F4N2O/c1-2-5(3-6(13)14)15-4-8(11,12)7(9)10/h5,7H,2-4H2,1H3,(H3,13,14). The molecule has 0 aliphatic carbocycles. The van der Waals surface area contributed by atoms with Gasteiger partial charge in [0, 0.05) is 6.42 Å². The van der Waals surface area contributed by atoms with Gasteiger partial charge >= 0.3 is 12.3 Å². The monoisotopic (exact) mass is 230 g/mol. The van der Waals surface area contributed by atoms with Crippen molar-refractivity contribution in [3.63, 3.8) is 0 Å². The van der Waals surface area contributed by atoms with E-state index in [-0.39, 0.29) is 12.3 Å². The molecule has 0 aliphatic rings. The lowest BCUT2D eigenvalue weighted by atomic mass is 10.2. The minimum Gasteiger partial charge on any atom is -0.388 e. The molecule has 0 aliphatic heterocycles. The molecule has 7 heteroatoms. The number of amidine groups is 1. The van der Waals surface area contributed by atoms with Crippen LogP contribution in [0.3, 0.4) is 0 Å². The van der Waals surface area contributed by atoms with Crippen LogP contribution in [0, 0.1) is 5.41 Å². The maximum Gasteiger partial charge on any atom is 0.330 e. The summed E-state index contributed by atoms with van der Waals surface area (Å²) in [7, 11) is 0. The van der Waals surface area contributed by atoms with Crippen LogP contribution in [0.15, 0.2) is 0 Å². The molecule has 0 saturated heterocycles. The number of rotatable bonds is 7. The SMILES string of the molecule is CCC(CC(=N)N)OCC(F)(F)C(F)F. The second kappa shape index (κ2) is 5.89. The van der Waals surface area contributed by atoms with Gasteiger partial charge in [0.25, 0.3) is 0 Å². The molecule has 0 aromatic heterocycles. The predicted molar refractivity (Wildman–Crippen MR) is 47.5 cm³/mol. The molecule has 0 fully saturated rings. The number of hydrogen-bond acceptors (Lipinski definition) is 2. The van der Waals surface area contributed by atoms with Crippen LogP contribution in [0.25, 0.3) is 0 Å². The van der Waals surface area contributed by atoms with Gasteiger partial charge in [-0.1, -0.05) is 6.92 Å². The van der Waals surface area contributed by atoms with E-state index < -0.39 is 25.1 Å². The Balaban J connectivity index is 4.05. The minimum atomic E-state index is -4.15. The zero-order valence-electron chi connectivity index (χ0n) is 8.27. The fraction of sp³-hybridized carbons (Fsp3) is 0.875. The van der Waals surface area contributed by atoms with E-state index in [1.165, 1.54) is 0 Å². The molecule has 1 atom stereocenters. The van der Waals surface area contributed by atoms with E-state index in [2.05, 4.69) is 4.74 Å². The van der Waals surface area contributed by atoms with Crippen molar-refractivity contribution < 1.29 is 22.3 Å². The van der Waals surface area contributed by atoms with Crippen LogP contribution in [0.4, 0.5) is 17.6 Å². The summed E-state index contributed by atoms with van der Waals surface area (Å²) in [6, 6.07) is 0. The van der Waals surface area contributed by atoms with Crippen LogP contribution < -0.4 is 5.73 Å². The van der Waals surface area contributed by atoms with Crippen molar-refractivity contribution in [1.82, 2.24) is 0 Å². The summed E-state index contributed by atoms with van der Waals surface area (Å²) in [5.74, 6) is -4.37. The zero-order valence-corrected chi connectivity index (χ0v) is 8.27. The number of ether oxygens (including phenoxy) is 1. The van der Waals surface area contributed by atoms with Gasteiger partial charge in [-0.2, -0.15) is 8.78 Å². The summed E-state index contributed by atoms with van der Waals surface area (Å²) in [4.78, 5) is 0. The van der Waals surface area contributed by atoms with E-state index in [1.807, 2.05) is 0 Å². The first-order chi connectivity index (χ1) is 6.79. The highest BCUT2D eigenvalue weighted by atomic mass is 19.3. The van der Waals surface area contributed by atoms with Gasteiger partial charge in [-0.15, -0.1) is 0 Å². The summed E-state index contributed by atoms with van der Waals surface area (Å²) in [5.41, 5.74) is 5.04. The fourth-order valence-electron chi connectivity index (χ4n) is 0.858. The maximum absolute atomic E-state index is 12.4. The first-order valence-electron chi connectivity index (χ1n) is 4.40. The van der Waals surface area contributed by atoms with Gasteiger partial charge in [-0.3, -0.25) is 5.41 Å². The van der Waals surface area contributed by atoms with Crippen LogP contribution in [-0.2, 0) is 4.74 Å². The smallest absolute Gasteiger partial charge is 0.330 e. The van der Waals surface area contributed by atoms with E-state index in [1.54, 1.807) is 6.92 Å². The normalized spacial score (nSPS) is 14.3. The summed E-state index contributed by atoms with van der Waals surface area (Å²) in [6.45, 7) is 0.282. The number of nitrogens with two attached hydrogens (primary N) is 1. The Morgan fingerprint density at radius 1 is 1.47 bits per heavy atom.